The van der Waals surface area contributed by atoms with E-state index in [2.05, 4.69) is 10.6 Å². The summed E-state index contributed by atoms with van der Waals surface area (Å²) in [5.74, 6) is -0.363. The van der Waals surface area contributed by atoms with Gasteiger partial charge in [0.25, 0.3) is 5.91 Å². The van der Waals surface area contributed by atoms with Crippen molar-refractivity contribution in [2.75, 3.05) is 16.4 Å². The first-order valence-electron chi connectivity index (χ1n) is 6.51. The number of hydrogen-bond donors (Lipinski definition) is 3. The number of carbonyl (C=O) groups is 2. The Labute approximate surface area is 123 Å². The summed E-state index contributed by atoms with van der Waals surface area (Å²) in [6.45, 7) is 3.32. The van der Waals surface area contributed by atoms with Crippen molar-refractivity contribution in [1.29, 1.82) is 0 Å². The number of hydrogen-bond acceptors (Lipinski definition) is 3. The molecule has 2 aromatic carbocycles. The summed E-state index contributed by atoms with van der Waals surface area (Å²) in [5, 5.41) is 5.45. The first kappa shape index (κ1) is 14.6. The van der Waals surface area contributed by atoms with Crippen LogP contribution in [0.5, 0.6) is 0 Å². The van der Waals surface area contributed by atoms with Gasteiger partial charge in [-0.2, -0.15) is 0 Å². The topological polar surface area (TPSA) is 84.2 Å². The zero-order valence-corrected chi connectivity index (χ0v) is 11.9. The summed E-state index contributed by atoms with van der Waals surface area (Å²) >= 11 is 0. The maximum Gasteiger partial charge on any atom is 0.255 e. The van der Waals surface area contributed by atoms with E-state index in [1.165, 1.54) is 6.92 Å². The van der Waals surface area contributed by atoms with Gasteiger partial charge in [-0.1, -0.05) is 0 Å². The van der Waals surface area contributed by atoms with Crippen molar-refractivity contribution in [3.63, 3.8) is 0 Å². The number of nitrogens with one attached hydrogen (secondary N) is 2. The standard InChI is InChI=1S/C16H17N3O2/c1-10-9-14(7-8-15(10)17)19-16(21)12-3-5-13(6-4-12)18-11(2)20/h3-9H,17H2,1-2H3,(H,18,20)(H,19,21). The number of anilines is 3. The van der Waals surface area contributed by atoms with E-state index >= 15 is 0 Å². The molecule has 0 aliphatic rings. The molecule has 2 rings (SSSR count). The average molecular weight is 283 g/mol. The van der Waals surface area contributed by atoms with Gasteiger partial charge in [-0.3, -0.25) is 9.59 Å². The van der Waals surface area contributed by atoms with Crippen molar-refractivity contribution >= 4 is 28.9 Å². The molecule has 2 aromatic rings. The van der Waals surface area contributed by atoms with Crippen LogP contribution in [-0.4, -0.2) is 11.8 Å². The summed E-state index contributed by atoms with van der Waals surface area (Å²) in [4.78, 5) is 23.0. The zero-order valence-electron chi connectivity index (χ0n) is 11.9. The lowest BCUT2D eigenvalue weighted by Gasteiger charge is -2.08. The Kier molecular flexibility index (Phi) is 4.23. The van der Waals surface area contributed by atoms with Crippen molar-refractivity contribution < 1.29 is 9.59 Å². The highest BCUT2D eigenvalue weighted by molar-refractivity contribution is 6.04. The van der Waals surface area contributed by atoms with Crippen molar-refractivity contribution in [1.82, 2.24) is 0 Å². The number of nitrogen functional groups attached to an aromatic ring is 1. The quantitative estimate of drug-likeness (QED) is 0.757. The summed E-state index contributed by atoms with van der Waals surface area (Å²) in [5.41, 5.74) is 9.20. The average Bonchev–Trinajstić information content (AvgIpc) is 2.43. The van der Waals surface area contributed by atoms with E-state index in [1.54, 1.807) is 36.4 Å². The molecule has 0 aliphatic heterocycles. The van der Waals surface area contributed by atoms with Gasteiger partial charge in [-0.15, -0.1) is 0 Å². The molecule has 0 saturated carbocycles. The fourth-order valence-electron chi connectivity index (χ4n) is 1.86. The Bertz CT molecular complexity index is 678. The summed E-state index contributed by atoms with van der Waals surface area (Å²) in [7, 11) is 0. The summed E-state index contributed by atoms with van der Waals surface area (Å²) in [6.07, 6.45) is 0. The van der Waals surface area contributed by atoms with Crippen LogP contribution in [-0.2, 0) is 4.79 Å². The van der Waals surface area contributed by atoms with Crippen LogP contribution in [0.4, 0.5) is 17.1 Å². The molecule has 0 heterocycles. The smallest absolute Gasteiger partial charge is 0.255 e. The third-order valence-corrected chi connectivity index (χ3v) is 3.00. The van der Waals surface area contributed by atoms with Crippen LogP contribution in [0.15, 0.2) is 42.5 Å². The third kappa shape index (κ3) is 3.82. The number of rotatable bonds is 3. The Morgan fingerprint density at radius 2 is 1.57 bits per heavy atom. The highest BCUT2D eigenvalue weighted by Crippen LogP contribution is 2.18. The van der Waals surface area contributed by atoms with Gasteiger partial charge in [0, 0.05) is 29.5 Å². The SMILES string of the molecule is CC(=O)Nc1ccc(C(=O)Nc2ccc(N)c(C)c2)cc1. The second-order valence-electron chi connectivity index (χ2n) is 4.78. The lowest BCUT2D eigenvalue weighted by Crippen LogP contribution is -2.12. The minimum Gasteiger partial charge on any atom is -0.399 e. The number of benzene rings is 2. The first-order valence-corrected chi connectivity index (χ1v) is 6.51. The molecule has 0 radical (unpaired) electrons. The van der Waals surface area contributed by atoms with E-state index in [1.807, 2.05) is 13.0 Å². The molecule has 0 spiro atoms. The van der Waals surface area contributed by atoms with Gasteiger partial charge in [0.1, 0.15) is 0 Å². The predicted molar refractivity (Wildman–Crippen MR) is 84.3 cm³/mol. The molecule has 0 unspecified atom stereocenters. The van der Waals surface area contributed by atoms with Gasteiger partial charge in [-0.05, 0) is 55.0 Å². The molecule has 5 heteroatoms. The van der Waals surface area contributed by atoms with Crippen LogP contribution in [0.2, 0.25) is 0 Å². The van der Waals surface area contributed by atoms with Crippen LogP contribution in [0.3, 0.4) is 0 Å². The highest BCUT2D eigenvalue weighted by Gasteiger charge is 2.07. The Morgan fingerprint density at radius 3 is 2.14 bits per heavy atom. The third-order valence-electron chi connectivity index (χ3n) is 3.00. The molecule has 0 fully saturated rings. The summed E-state index contributed by atoms with van der Waals surface area (Å²) < 4.78 is 0. The number of carbonyl (C=O) groups excluding carboxylic acids is 2. The number of aryl methyl sites for hydroxylation is 1. The van der Waals surface area contributed by atoms with E-state index in [-0.39, 0.29) is 11.8 Å². The first-order chi connectivity index (χ1) is 9.95. The normalized spacial score (nSPS) is 10.0. The van der Waals surface area contributed by atoms with Crippen LogP contribution < -0.4 is 16.4 Å². The molecule has 0 saturated heterocycles. The second-order valence-corrected chi connectivity index (χ2v) is 4.78. The van der Waals surface area contributed by atoms with Gasteiger partial charge >= 0.3 is 0 Å². The van der Waals surface area contributed by atoms with E-state index in [9.17, 15) is 9.59 Å². The highest BCUT2D eigenvalue weighted by atomic mass is 16.2. The summed E-state index contributed by atoms with van der Waals surface area (Å²) in [6, 6.07) is 12.0. The molecule has 0 aromatic heterocycles. The predicted octanol–water partition coefficient (Wildman–Crippen LogP) is 2.79. The largest absolute Gasteiger partial charge is 0.399 e. The minimum absolute atomic E-state index is 0.149. The molecular formula is C16H17N3O2. The van der Waals surface area contributed by atoms with Crippen LogP contribution >= 0.6 is 0 Å². The molecular weight excluding hydrogens is 266 g/mol. The van der Waals surface area contributed by atoms with Gasteiger partial charge in [-0.25, -0.2) is 0 Å². The molecule has 0 atom stereocenters. The Morgan fingerprint density at radius 1 is 0.952 bits per heavy atom. The molecule has 21 heavy (non-hydrogen) atoms. The second kappa shape index (κ2) is 6.09. The molecule has 4 N–H and O–H groups in total. The fourth-order valence-corrected chi connectivity index (χ4v) is 1.86. The Balaban J connectivity index is 2.09. The van der Waals surface area contributed by atoms with Gasteiger partial charge in [0.2, 0.25) is 5.91 Å². The zero-order chi connectivity index (χ0) is 15.4. The lowest BCUT2D eigenvalue weighted by atomic mass is 10.1. The molecule has 108 valence electrons. The van der Waals surface area contributed by atoms with Crippen LogP contribution in [0.25, 0.3) is 0 Å². The van der Waals surface area contributed by atoms with Gasteiger partial charge in [0.15, 0.2) is 0 Å². The van der Waals surface area contributed by atoms with Crippen molar-refractivity contribution in [2.45, 2.75) is 13.8 Å². The lowest BCUT2D eigenvalue weighted by molar-refractivity contribution is -0.114. The molecule has 5 nitrogen and oxygen atoms in total. The van der Waals surface area contributed by atoms with Crippen molar-refractivity contribution in [3.8, 4) is 0 Å². The minimum atomic E-state index is -0.214. The van der Waals surface area contributed by atoms with Gasteiger partial charge < -0.3 is 16.4 Å². The number of amides is 2. The number of nitrogens with two attached hydrogens (primary N) is 1. The van der Waals surface area contributed by atoms with Crippen molar-refractivity contribution in [3.05, 3.63) is 53.6 Å². The van der Waals surface area contributed by atoms with E-state index < -0.39 is 0 Å². The van der Waals surface area contributed by atoms with E-state index in [4.69, 9.17) is 5.73 Å². The van der Waals surface area contributed by atoms with Gasteiger partial charge in [0.05, 0.1) is 0 Å². The van der Waals surface area contributed by atoms with Crippen LogP contribution in [0.1, 0.15) is 22.8 Å². The van der Waals surface area contributed by atoms with Crippen LogP contribution in [0, 0.1) is 6.92 Å². The fraction of sp³-hybridized carbons (Fsp3) is 0.125. The maximum absolute atomic E-state index is 12.1. The van der Waals surface area contributed by atoms with Crippen molar-refractivity contribution in [2.24, 2.45) is 0 Å². The van der Waals surface area contributed by atoms with E-state index in [0.717, 1.165) is 5.56 Å². The molecule has 0 bridgehead atoms. The monoisotopic (exact) mass is 283 g/mol. The van der Waals surface area contributed by atoms with E-state index in [0.29, 0.717) is 22.6 Å². The molecule has 2 amide bonds. The maximum atomic E-state index is 12.1. The molecule has 0 aliphatic carbocycles. The Hall–Kier alpha value is -2.82.